The molecule has 0 unspecified atom stereocenters. The lowest BCUT2D eigenvalue weighted by Crippen LogP contribution is -2.37. The Hall–Kier alpha value is -1.54. The van der Waals surface area contributed by atoms with Crippen molar-refractivity contribution in [3.63, 3.8) is 0 Å². The largest absolute Gasteiger partial charge is 0.378 e. The van der Waals surface area contributed by atoms with Crippen LogP contribution in [0.4, 0.5) is 11.4 Å². The second-order valence-electron chi connectivity index (χ2n) is 7.12. The summed E-state index contributed by atoms with van der Waals surface area (Å²) in [5.74, 6) is -0.0279. The topological polar surface area (TPSA) is 70.0 Å². The predicted molar refractivity (Wildman–Crippen MR) is 109 cm³/mol. The normalized spacial score (nSPS) is 26.8. The van der Waals surface area contributed by atoms with Gasteiger partial charge in [-0.05, 0) is 30.7 Å². The van der Waals surface area contributed by atoms with E-state index in [9.17, 15) is 13.2 Å². The van der Waals surface area contributed by atoms with E-state index in [2.05, 4.69) is 4.99 Å². The molecule has 8 heteroatoms. The molecule has 0 spiro atoms. The third-order valence-corrected chi connectivity index (χ3v) is 8.16. The number of hydrogen-bond donors (Lipinski definition) is 0. The summed E-state index contributed by atoms with van der Waals surface area (Å²) in [5, 5.41) is 0.551. The minimum absolute atomic E-state index is 0.0722. The van der Waals surface area contributed by atoms with Crippen LogP contribution in [0.5, 0.6) is 0 Å². The highest BCUT2D eigenvalue weighted by Crippen LogP contribution is 2.41. The van der Waals surface area contributed by atoms with E-state index in [1.165, 1.54) is 11.8 Å². The van der Waals surface area contributed by atoms with Crippen molar-refractivity contribution in [2.24, 2.45) is 10.9 Å². The zero-order valence-electron chi connectivity index (χ0n) is 15.5. The van der Waals surface area contributed by atoms with Crippen LogP contribution in [0.15, 0.2) is 29.3 Å². The number of nitrogens with zero attached hydrogens (tertiary/aromatic N) is 3. The van der Waals surface area contributed by atoms with Crippen molar-refractivity contribution in [2.75, 3.05) is 35.4 Å². The Morgan fingerprint density at radius 3 is 2.54 bits per heavy atom. The highest BCUT2D eigenvalue weighted by Gasteiger charge is 2.49. The van der Waals surface area contributed by atoms with Gasteiger partial charge in [-0.1, -0.05) is 25.6 Å². The lowest BCUT2D eigenvalue weighted by Gasteiger charge is -2.25. The summed E-state index contributed by atoms with van der Waals surface area (Å²) >= 11 is 1.42. The average Bonchev–Trinajstić information content (AvgIpc) is 3.04. The maximum atomic E-state index is 12.3. The number of thioether (sulfide) groups is 1. The molecule has 6 nitrogen and oxygen atoms in total. The molecule has 0 bridgehead atoms. The van der Waals surface area contributed by atoms with E-state index < -0.39 is 9.84 Å². The Morgan fingerprint density at radius 2 is 1.96 bits per heavy atom. The Kier molecular flexibility index (Phi) is 5.35. The fraction of sp³-hybridized carbons (Fsp3) is 0.556. The van der Waals surface area contributed by atoms with Gasteiger partial charge >= 0.3 is 0 Å². The van der Waals surface area contributed by atoms with Gasteiger partial charge in [-0.2, -0.15) is 4.99 Å². The van der Waals surface area contributed by atoms with Gasteiger partial charge < -0.3 is 9.80 Å². The summed E-state index contributed by atoms with van der Waals surface area (Å²) in [6, 6.07) is 7.74. The second-order valence-corrected chi connectivity index (χ2v) is 10.5. The molecule has 1 aromatic carbocycles. The zero-order chi connectivity index (χ0) is 19.1. The lowest BCUT2D eigenvalue weighted by molar-refractivity contribution is -0.121. The van der Waals surface area contributed by atoms with Crippen LogP contribution in [0, 0.1) is 5.92 Å². The first-order chi connectivity index (χ1) is 12.2. The third kappa shape index (κ3) is 3.76. The van der Waals surface area contributed by atoms with Crippen LogP contribution in [0.25, 0.3) is 0 Å². The van der Waals surface area contributed by atoms with Crippen molar-refractivity contribution >= 4 is 44.0 Å². The quantitative estimate of drug-likeness (QED) is 0.780. The summed E-state index contributed by atoms with van der Waals surface area (Å²) in [6.45, 7) is 3.83. The molecule has 26 heavy (non-hydrogen) atoms. The van der Waals surface area contributed by atoms with Gasteiger partial charge in [-0.15, -0.1) is 0 Å². The van der Waals surface area contributed by atoms with Crippen molar-refractivity contribution in [3.05, 3.63) is 24.3 Å². The van der Waals surface area contributed by atoms with E-state index >= 15 is 0 Å². The van der Waals surface area contributed by atoms with Crippen LogP contribution in [0.2, 0.25) is 0 Å². The minimum Gasteiger partial charge on any atom is -0.378 e. The molecule has 2 aliphatic rings. The van der Waals surface area contributed by atoms with E-state index in [4.69, 9.17) is 0 Å². The molecule has 142 valence electrons. The predicted octanol–water partition coefficient (Wildman–Crippen LogP) is 2.40. The van der Waals surface area contributed by atoms with Gasteiger partial charge in [0.15, 0.2) is 15.0 Å². The molecule has 3 atom stereocenters. The molecule has 1 aromatic rings. The number of rotatable bonds is 4. The number of amides is 1. The number of aliphatic imine (C=N–C) groups is 1. The first-order valence-electron chi connectivity index (χ1n) is 8.78. The van der Waals surface area contributed by atoms with Gasteiger partial charge in [-0.3, -0.25) is 4.79 Å². The molecular weight excluding hydrogens is 370 g/mol. The van der Waals surface area contributed by atoms with Crippen molar-refractivity contribution in [1.82, 2.24) is 0 Å². The molecule has 2 heterocycles. The standard InChI is InChI=1S/C18H25N3O3S2/c1-5-12(2)17(22)19-18-21(14-8-6-13(7-9-14)20(3)4)15-10-26(23,24)11-16(15)25-18/h6-9,12,15-16H,5,10-11H2,1-4H3/t12-,15+,16+/m1/s1. The molecule has 2 fully saturated rings. The fourth-order valence-electron chi connectivity index (χ4n) is 3.16. The van der Waals surface area contributed by atoms with Crippen molar-refractivity contribution in [1.29, 1.82) is 0 Å². The summed E-state index contributed by atoms with van der Waals surface area (Å²) in [7, 11) is 0.889. The Labute approximate surface area is 159 Å². The fourth-order valence-corrected chi connectivity index (χ4v) is 7.08. The van der Waals surface area contributed by atoms with Crippen LogP contribution in [0.3, 0.4) is 0 Å². The molecular formula is C18H25N3O3S2. The zero-order valence-corrected chi connectivity index (χ0v) is 17.2. The number of amidine groups is 1. The van der Waals surface area contributed by atoms with Crippen molar-refractivity contribution in [3.8, 4) is 0 Å². The molecule has 0 N–H and O–H groups in total. The smallest absolute Gasteiger partial charge is 0.250 e. The number of anilines is 2. The molecule has 0 aliphatic carbocycles. The Bertz CT molecular complexity index is 819. The third-order valence-electron chi connectivity index (χ3n) is 4.95. The molecule has 0 aromatic heterocycles. The number of hydrogen-bond acceptors (Lipinski definition) is 5. The number of fused-ring (bicyclic) bond motifs is 1. The van der Waals surface area contributed by atoms with E-state index in [1.807, 2.05) is 62.0 Å². The lowest BCUT2D eigenvalue weighted by atomic mass is 10.1. The summed E-state index contributed by atoms with van der Waals surface area (Å²) in [5.41, 5.74) is 1.94. The molecule has 0 saturated carbocycles. The van der Waals surface area contributed by atoms with Gasteiger partial charge in [0.2, 0.25) is 0 Å². The van der Waals surface area contributed by atoms with E-state index in [-0.39, 0.29) is 34.6 Å². The Morgan fingerprint density at radius 1 is 1.31 bits per heavy atom. The number of carbonyl (C=O) groups is 1. The van der Waals surface area contributed by atoms with Crippen LogP contribution in [0.1, 0.15) is 20.3 Å². The second kappa shape index (κ2) is 7.23. The molecule has 2 saturated heterocycles. The SMILES string of the molecule is CC[C@@H](C)C(=O)N=C1S[C@H]2CS(=O)(=O)C[C@@H]2N1c1ccc(N(C)C)cc1. The van der Waals surface area contributed by atoms with Crippen LogP contribution >= 0.6 is 11.8 Å². The highest BCUT2D eigenvalue weighted by molar-refractivity contribution is 8.16. The van der Waals surface area contributed by atoms with Crippen LogP contribution < -0.4 is 9.80 Å². The van der Waals surface area contributed by atoms with Gasteiger partial charge in [0, 0.05) is 36.6 Å². The molecule has 0 radical (unpaired) electrons. The van der Waals surface area contributed by atoms with E-state index in [0.29, 0.717) is 5.17 Å². The number of carbonyl (C=O) groups excluding carboxylic acids is 1. The van der Waals surface area contributed by atoms with Gasteiger partial charge in [-0.25, -0.2) is 8.42 Å². The average molecular weight is 396 g/mol. The van der Waals surface area contributed by atoms with Crippen LogP contribution in [-0.4, -0.2) is 56.4 Å². The maximum Gasteiger partial charge on any atom is 0.250 e. The molecule has 2 aliphatic heterocycles. The molecule has 3 rings (SSSR count). The monoisotopic (exact) mass is 395 g/mol. The number of sulfone groups is 1. The maximum absolute atomic E-state index is 12.3. The Balaban J connectivity index is 1.97. The van der Waals surface area contributed by atoms with Crippen LogP contribution in [-0.2, 0) is 14.6 Å². The minimum atomic E-state index is -3.05. The summed E-state index contributed by atoms with van der Waals surface area (Å²) < 4.78 is 24.2. The van der Waals surface area contributed by atoms with Crippen molar-refractivity contribution in [2.45, 2.75) is 31.6 Å². The summed E-state index contributed by atoms with van der Waals surface area (Å²) in [6.07, 6.45) is 0.735. The summed E-state index contributed by atoms with van der Waals surface area (Å²) in [4.78, 5) is 20.6. The first-order valence-corrected chi connectivity index (χ1v) is 11.5. The van der Waals surface area contributed by atoms with Gasteiger partial charge in [0.05, 0.1) is 17.5 Å². The van der Waals surface area contributed by atoms with E-state index in [0.717, 1.165) is 17.8 Å². The van der Waals surface area contributed by atoms with E-state index in [1.54, 1.807) is 0 Å². The van der Waals surface area contributed by atoms with Gasteiger partial charge in [0.1, 0.15) is 0 Å². The molecule has 1 amide bonds. The number of benzene rings is 1. The van der Waals surface area contributed by atoms with Crippen molar-refractivity contribution < 1.29 is 13.2 Å². The first kappa shape index (κ1) is 19.2. The highest BCUT2D eigenvalue weighted by atomic mass is 32.2. The van der Waals surface area contributed by atoms with Gasteiger partial charge in [0.25, 0.3) is 5.91 Å².